The monoisotopic (exact) mass is 346 g/mol. The predicted molar refractivity (Wildman–Crippen MR) is 90.2 cm³/mol. The second kappa shape index (κ2) is 7.51. The topological polar surface area (TPSA) is 95.9 Å². The molecule has 0 aromatic heterocycles. The average Bonchev–Trinajstić information content (AvgIpc) is 2.54. The molecular formula is C16H14N2O5S. The zero-order valence-corrected chi connectivity index (χ0v) is 13.3. The fraction of sp³-hybridized carbons (Fsp3) is 0.125. The fourth-order valence-corrected chi connectivity index (χ4v) is 2.21. The van der Waals surface area contributed by atoms with Crippen molar-refractivity contribution in [2.24, 2.45) is 0 Å². The second-order valence-corrected chi connectivity index (χ2v) is 5.16. The summed E-state index contributed by atoms with van der Waals surface area (Å²) in [5.41, 5.74) is 0.534. The van der Waals surface area contributed by atoms with Crippen LogP contribution in [0, 0.1) is 0 Å². The van der Waals surface area contributed by atoms with Crippen LogP contribution in [0.3, 0.4) is 0 Å². The molecule has 1 aliphatic rings. The summed E-state index contributed by atoms with van der Waals surface area (Å²) >= 11 is 4.97. The molecule has 0 bridgehead atoms. The SMILES string of the molecule is C=CCN1C(=O)C(=Cc2ccc(OCC(=O)O)cc2)C(=O)NC1=S. The molecule has 0 saturated carbocycles. The summed E-state index contributed by atoms with van der Waals surface area (Å²) in [6, 6.07) is 6.31. The minimum absolute atomic E-state index is 0.0412. The molecule has 0 radical (unpaired) electrons. The summed E-state index contributed by atoms with van der Waals surface area (Å²) in [6.07, 6.45) is 2.93. The summed E-state index contributed by atoms with van der Waals surface area (Å²) in [7, 11) is 0. The van der Waals surface area contributed by atoms with Gasteiger partial charge in [-0.2, -0.15) is 0 Å². The van der Waals surface area contributed by atoms with E-state index in [2.05, 4.69) is 11.9 Å². The first-order valence-electron chi connectivity index (χ1n) is 6.87. The van der Waals surface area contributed by atoms with Crippen LogP contribution in [0.25, 0.3) is 6.08 Å². The molecule has 0 spiro atoms. The summed E-state index contributed by atoms with van der Waals surface area (Å²) in [6.45, 7) is 3.29. The highest BCUT2D eigenvalue weighted by Gasteiger charge is 2.32. The summed E-state index contributed by atoms with van der Waals surface area (Å²) < 4.78 is 5.01. The van der Waals surface area contributed by atoms with E-state index < -0.39 is 24.4 Å². The van der Waals surface area contributed by atoms with Crippen LogP contribution >= 0.6 is 12.2 Å². The standard InChI is InChI=1S/C16H14N2O5S/c1-2-7-18-15(22)12(14(21)17-16(18)24)8-10-3-5-11(6-4-10)23-9-13(19)20/h2-6,8H,1,7,9H2,(H,19,20)(H,17,21,24). The number of carbonyl (C=O) groups is 3. The molecule has 0 atom stereocenters. The molecule has 2 amide bonds. The molecule has 8 heteroatoms. The molecule has 2 rings (SSSR count). The van der Waals surface area contributed by atoms with Crippen LogP contribution in [-0.4, -0.2) is 46.1 Å². The minimum atomic E-state index is -1.08. The van der Waals surface area contributed by atoms with E-state index in [0.717, 1.165) is 0 Å². The number of rotatable bonds is 6. The number of nitrogens with one attached hydrogen (secondary N) is 1. The first-order chi connectivity index (χ1) is 11.4. The van der Waals surface area contributed by atoms with Crippen molar-refractivity contribution in [2.45, 2.75) is 0 Å². The van der Waals surface area contributed by atoms with Gasteiger partial charge < -0.3 is 9.84 Å². The number of carboxylic acid groups (broad SMARTS) is 1. The molecule has 1 aliphatic heterocycles. The third-order valence-electron chi connectivity index (χ3n) is 3.05. The van der Waals surface area contributed by atoms with E-state index >= 15 is 0 Å². The van der Waals surface area contributed by atoms with Gasteiger partial charge in [0, 0.05) is 6.54 Å². The smallest absolute Gasteiger partial charge is 0.341 e. The van der Waals surface area contributed by atoms with Crippen LogP contribution in [0.15, 0.2) is 42.5 Å². The van der Waals surface area contributed by atoms with Gasteiger partial charge in [0.15, 0.2) is 11.7 Å². The van der Waals surface area contributed by atoms with Gasteiger partial charge in [-0.15, -0.1) is 6.58 Å². The third kappa shape index (κ3) is 4.05. The Bertz CT molecular complexity index is 739. The first-order valence-corrected chi connectivity index (χ1v) is 7.27. The van der Waals surface area contributed by atoms with E-state index in [0.29, 0.717) is 11.3 Å². The molecule has 1 aromatic carbocycles. The Morgan fingerprint density at radius 2 is 2.00 bits per heavy atom. The highest BCUT2D eigenvalue weighted by Crippen LogP contribution is 2.17. The van der Waals surface area contributed by atoms with Gasteiger partial charge in [0.1, 0.15) is 11.3 Å². The van der Waals surface area contributed by atoms with Crippen molar-refractivity contribution in [1.82, 2.24) is 10.2 Å². The van der Waals surface area contributed by atoms with Crippen LogP contribution < -0.4 is 10.1 Å². The lowest BCUT2D eigenvalue weighted by Gasteiger charge is -2.27. The van der Waals surface area contributed by atoms with Crippen molar-refractivity contribution in [3.05, 3.63) is 48.1 Å². The second-order valence-electron chi connectivity index (χ2n) is 4.77. The number of aliphatic carboxylic acids is 1. The van der Waals surface area contributed by atoms with Gasteiger partial charge in [0.25, 0.3) is 11.8 Å². The number of thiocarbonyl (C=S) groups is 1. The normalized spacial score (nSPS) is 16.1. The Morgan fingerprint density at radius 1 is 1.33 bits per heavy atom. The molecule has 1 heterocycles. The highest BCUT2D eigenvalue weighted by molar-refractivity contribution is 7.80. The maximum absolute atomic E-state index is 12.4. The van der Waals surface area contributed by atoms with Crippen molar-refractivity contribution >= 4 is 41.2 Å². The molecular weight excluding hydrogens is 332 g/mol. The lowest BCUT2D eigenvalue weighted by atomic mass is 10.1. The minimum Gasteiger partial charge on any atom is -0.482 e. The van der Waals surface area contributed by atoms with Gasteiger partial charge in [0.2, 0.25) is 0 Å². The van der Waals surface area contributed by atoms with Crippen LogP contribution in [0.2, 0.25) is 0 Å². The van der Waals surface area contributed by atoms with Gasteiger partial charge in [-0.25, -0.2) is 4.79 Å². The van der Waals surface area contributed by atoms with Crippen LogP contribution in [0.1, 0.15) is 5.56 Å². The predicted octanol–water partition coefficient (Wildman–Crippen LogP) is 0.963. The zero-order chi connectivity index (χ0) is 17.7. The third-order valence-corrected chi connectivity index (χ3v) is 3.37. The van der Waals surface area contributed by atoms with Crippen molar-refractivity contribution in [3.8, 4) is 5.75 Å². The zero-order valence-electron chi connectivity index (χ0n) is 12.5. The maximum Gasteiger partial charge on any atom is 0.341 e. The van der Waals surface area contributed by atoms with E-state index in [-0.39, 0.29) is 17.2 Å². The van der Waals surface area contributed by atoms with Crippen LogP contribution in [0.5, 0.6) is 5.75 Å². The molecule has 1 aromatic rings. The van der Waals surface area contributed by atoms with Crippen molar-refractivity contribution in [2.75, 3.05) is 13.2 Å². The number of nitrogens with zero attached hydrogens (tertiary/aromatic N) is 1. The molecule has 7 nitrogen and oxygen atoms in total. The summed E-state index contributed by atoms with van der Waals surface area (Å²) in [5.74, 6) is -1.79. The van der Waals surface area contributed by atoms with Crippen LogP contribution in [-0.2, 0) is 14.4 Å². The molecule has 0 unspecified atom stereocenters. The van der Waals surface area contributed by atoms with E-state index in [1.165, 1.54) is 17.1 Å². The molecule has 2 N–H and O–H groups in total. The largest absolute Gasteiger partial charge is 0.482 e. The number of amides is 2. The summed E-state index contributed by atoms with van der Waals surface area (Å²) in [4.78, 5) is 36.0. The quantitative estimate of drug-likeness (QED) is 0.345. The lowest BCUT2D eigenvalue weighted by molar-refractivity contribution is -0.139. The maximum atomic E-state index is 12.4. The van der Waals surface area contributed by atoms with Gasteiger partial charge in [-0.3, -0.25) is 19.8 Å². The van der Waals surface area contributed by atoms with Gasteiger partial charge in [-0.05, 0) is 36.0 Å². The Morgan fingerprint density at radius 3 is 2.58 bits per heavy atom. The molecule has 1 saturated heterocycles. The number of benzene rings is 1. The Hall–Kier alpha value is -3.00. The molecule has 0 aliphatic carbocycles. The average molecular weight is 346 g/mol. The molecule has 124 valence electrons. The van der Waals surface area contributed by atoms with Crippen molar-refractivity contribution in [3.63, 3.8) is 0 Å². The Kier molecular flexibility index (Phi) is 5.43. The fourth-order valence-electron chi connectivity index (χ4n) is 1.96. The van der Waals surface area contributed by atoms with Gasteiger partial charge in [0.05, 0.1) is 0 Å². The Labute approximate surface area is 143 Å². The Balaban J connectivity index is 2.20. The first kappa shape index (κ1) is 17.4. The summed E-state index contributed by atoms with van der Waals surface area (Å²) in [5, 5.41) is 11.0. The number of carboxylic acids is 1. The van der Waals surface area contributed by atoms with Crippen molar-refractivity contribution < 1.29 is 24.2 Å². The van der Waals surface area contributed by atoms with Crippen molar-refractivity contribution in [1.29, 1.82) is 0 Å². The van der Waals surface area contributed by atoms with E-state index in [9.17, 15) is 14.4 Å². The van der Waals surface area contributed by atoms with E-state index in [4.69, 9.17) is 22.1 Å². The lowest BCUT2D eigenvalue weighted by Crippen LogP contribution is -2.53. The van der Waals surface area contributed by atoms with E-state index in [1.807, 2.05) is 0 Å². The molecule has 24 heavy (non-hydrogen) atoms. The van der Waals surface area contributed by atoms with E-state index in [1.54, 1.807) is 24.3 Å². The van der Waals surface area contributed by atoms with Gasteiger partial charge in [-0.1, -0.05) is 18.2 Å². The molecule has 1 fully saturated rings. The number of carbonyl (C=O) groups excluding carboxylic acids is 2. The van der Waals surface area contributed by atoms with Crippen LogP contribution in [0.4, 0.5) is 0 Å². The number of hydrogen-bond donors (Lipinski definition) is 2. The highest BCUT2D eigenvalue weighted by atomic mass is 32.1. The van der Waals surface area contributed by atoms with Gasteiger partial charge >= 0.3 is 5.97 Å². The number of ether oxygens (including phenoxy) is 1. The number of hydrogen-bond acceptors (Lipinski definition) is 5.